The van der Waals surface area contributed by atoms with Gasteiger partial charge in [0.15, 0.2) is 10.5 Å². The maximum absolute atomic E-state index is 12.7. The summed E-state index contributed by atoms with van der Waals surface area (Å²) in [4.78, 5) is 30.2. The van der Waals surface area contributed by atoms with E-state index in [9.17, 15) is 9.59 Å². The third kappa shape index (κ3) is 2.75. The molecule has 0 atom stereocenters. The Hall–Kier alpha value is -2.51. The molecular formula is C18H14N2O3S2. The van der Waals surface area contributed by atoms with Gasteiger partial charge in [-0.3, -0.25) is 14.2 Å². The minimum absolute atomic E-state index is 0.152. The zero-order valence-corrected chi connectivity index (χ0v) is 15.0. The number of H-pyrrole nitrogens is 1. The Morgan fingerprint density at radius 1 is 1.32 bits per heavy atom. The molecule has 1 aromatic carbocycles. The molecule has 0 aliphatic rings. The van der Waals surface area contributed by atoms with Gasteiger partial charge in [-0.15, -0.1) is 11.3 Å². The SMILES string of the molecule is CCc1cc2c(=O)n(CC(=O)c3cc4ccccc4o3)c(=S)[nH]c2s1. The Balaban J connectivity index is 1.75. The highest BCUT2D eigenvalue weighted by Crippen LogP contribution is 2.22. The number of benzene rings is 1. The number of nitrogens with one attached hydrogen (secondary N) is 1. The first-order valence-electron chi connectivity index (χ1n) is 7.84. The second-order valence-corrected chi connectivity index (χ2v) is 7.23. The number of furan rings is 1. The highest BCUT2D eigenvalue weighted by Gasteiger charge is 2.16. The van der Waals surface area contributed by atoms with Crippen molar-refractivity contribution < 1.29 is 9.21 Å². The smallest absolute Gasteiger partial charge is 0.263 e. The van der Waals surface area contributed by atoms with E-state index in [1.54, 1.807) is 12.1 Å². The van der Waals surface area contributed by atoms with E-state index in [2.05, 4.69) is 4.98 Å². The summed E-state index contributed by atoms with van der Waals surface area (Å²) in [5.74, 6) is -0.0646. The van der Waals surface area contributed by atoms with Crippen LogP contribution >= 0.6 is 23.6 Å². The van der Waals surface area contributed by atoms with Gasteiger partial charge in [0.05, 0.1) is 11.9 Å². The molecule has 0 saturated carbocycles. The molecule has 0 spiro atoms. The average molecular weight is 370 g/mol. The number of hydrogen-bond acceptors (Lipinski definition) is 5. The van der Waals surface area contributed by atoms with Gasteiger partial charge in [0, 0.05) is 10.3 Å². The minimum Gasteiger partial charge on any atom is -0.453 e. The number of aromatic nitrogens is 2. The number of hydrogen-bond donors (Lipinski definition) is 1. The summed E-state index contributed by atoms with van der Waals surface area (Å²) >= 11 is 6.79. The quantitative estimate of drug-likeness (QED) is 0.429. The van der Waals surface area contributed by atoms with Gasteiger partial charge in [-0.05, 0) is 36.8 Å². The number of rotatable bonds is 4. The zero-order valence-electron chi connectivity index (χ0n) is 13.4. The summed E-state index contributed by atoms with van der Waals surface area (Å²) in [6.45, 7) is 1.88. The van der Waals surface area contributed by atoms with E-state index in [1.807, 2.05) is 31.2 Å². The number of fused-ring (bicyclic) bond motifs is 2. The molecule has 0 bridgehead atoms. The molecule has 0 saturated heterocycles. The monoisotopic (exact) mass is 370 g/mol. The van der Waals surface area contributed by atoms with Crippen molar-refractivity contribution in [3.63, 3.8) is 0 Å². The number of carbonyl (C=O) groups excluding carboxylic acids is 1. The van der Waals surface area contributed by atoms with Crippen LogP contribution in [-0.4, -0.2) is 15.3 Å². The molecule has 3 heterocycles. The van der Waals surface area contributed by atoms with Crippen LogP contribution in [0.5, 0.6) is 0 Å². The molecule has 4 aromatic rings. The van der Waals surface area contributed by atoms with E-state index < -0.39 is 0 Å². The molecular weight excluding hydrogens is 356 g/mol. The van der Waals surface area contributed by atoms with Crippen LogP contribution in [0.15, 0.2) is 45.6 Å². The number of para-hydroxylation sites is 1. The summed E-state index contributed by atoms with van der Waals surface area (Å²) in [7, 11) is 0. The van der Waals surface area contributed by atoms with Gasteiger partial charge in [0.2, 0.25) is 5.78 Å². The largest absolute Gasteiger partial charge is 0.453 e. The average Bonchev–Trinajstić information content (AvgIpc) is 3.22. The molecule has 0 aliphatic heterocycles. The highest BCUT2D eigenvalue weighted by atomic mass is 32.1. The second-order valence-electron chi connectivity index (χ2n) is 5.70. The molecule has 1 N–H and O–H groups in total. The van der Waals surface area contributed by atoms with E-state index in [4.69, 9.17) is 16.6 Å². The maximum Gasteiger partial charge on any atom is 0.263 e. The van der Waals surface area contributed by atoms with Crippen molar-refractivity contribution in [3.05, 3.63) is 62.2 Å². The van der Waals surface area contributed by atoms with Gasteiger partial charge in [-0.1, -0.05) is 25.1 Å². The fraction of sp³-hybridized carbons (Fsp3) is 0.167. The lowest BCUT2D eigenvalue weighted by Gasteiger charge is -2.04. The van der Waals surface area contributed by atoms with Crippen LogP contribution in [0.1, 0.15) is 22.4 Å². The van der Waals surface area contributed by atoms with Crippen molar-refractivity contribution in [1.29, 1.82) is 0 Å². The molecule has 25 heavy (non-hydrogen) atoms. The third-order valence-electron chi connectivity index (χ3n) is 4.07. The first-order valence-corrected chi connectivity index (χ1v) is 9.06. The van der Waals surface area contributed by atoms with E-state index in [-0.39, 0.29) is 28.4 Å². The predicted molar refractivity (Wildman–Crippen MR) is 101 cm³/mol. The maximum atomic E-state index is 12.7. The summed E-state index contributed by atoms with van der Waals surface area (Å²) in [6.07, 6.45) is 0.845. The van der Waals surface area contributed by atoms with Crippen molar-refractivity contribution in [2.45, 2.75) is 19.9 Å². The van der Waals surface area contributed by atoms with Crippen LogP contribution < -0.4 is 5.56 Å². The van der Waals surface area contributed by atoms with Gasteiger partial charge < -0.3 is 9.40 Å². The van der Waals surface area contributed by atoms with Crippen LogP contribution in [0.2, 0.25) is 0 Å². The Kier molecular flexibility index (Phi) is 3.89. The Morgan fingerprint density at radius 2 is 2.12 bits per heavy atom. The van der Waals surface area contributed by atoms with Crippen LogP contribution in [-0.2, 0) is 13.0 Å². The Bertz CT molecular complexity index is 1190. The number of ketones is 1. The Morgan fingerprint density at radius 3 is 2.88 bits per heavy atom. The van der Waals surface area contributed by atoms with E-state index in [0.29, 0.717) is 11.0 Å². The van der Waals surface area contributed by atoms with Crippen molar-refractivity contribution >= 4 is 50.5 Å². The number of carbonyl (C=O) groups is 1. The van der Waals surface area contributed by atoms with Crippen LogP contribution in [0.4, 0.5) is 0 Å². The summed E-state index contributed by atoms with van der Waals surface area (Å²) in [5, 5.41) is 1.41. The highest BCUT2D eigenvalue weighted by molar-refractivity contribution is 7.71. The topological polar surface area (TPSA) is 68.0 Å². The summed E-state index contributed by atoms with van der Waals surface area (Å²) in [6, 6.07) is 10.9. The van der Waals surface area contributed by atoms with Crippen molar-refractivity contribution in [2.75, 3.05) is 0 Å². The molecule has 126 valence electrons. The first-order chi connectivity index (χ1) is 12.1. The molecule has 0 amide bonds. The predicted octanol–water partition coefficient (Wildman–Crippen LogP) is 4.31. The van der Waals surface area contributed by atoms with E-state index in [0.717, 1.165) is 21.5 Å². The Labute approximate surface area is 151 Å². The molecule has 0 aliphatic carbocycles. The molecule has 3 aromatic heterocycles. The molecule has 4 rings (SSSR count). The van der Waals surface area contributed by atoms with E-state index in [1.165, 1.54) is 15.9 Å². The normalized spacial score (nSPS) is 11.4. The molecule has 7 heteroatoms. The summed E-state index contributed by atoms with van der Waals surface area (Å²) < 4.78 is 7.12. The van der Waals surface area contributed by atoms with Crippen LogP contribution in [0.3, 0.4) is 0 Å². The van der Waals surface area contributed by atoms with Crippen molar-refractivity contribution in [2.24, 2.45) is 0 Å². The van der Waals surface area contributed by atoms with Gasteiger partial charge in [0.25, 0.3) is 5.56 Å². The zero-order chi connectivity index (χ0) is 17.6. The third-order valence-corrected chi connectivity index (χ3v) is 5.59. The number of aryl methyl sites for hydroxylation is 1. The lowest BCUT2D eigenvalue weighted by molar-refractivity contribution is 0.0945. The van der Waals surface area contributed by atoms with Crippen LogP contribution in [0, 0.1) is 4.77 Å². The molecule has 5 nitrogen and oxygen atoms in total. The molecule has 0 radical (unpaired) electrons. The molecule has 0 fully saturated rings. The van der Waals surface area contributed by atoms with Crippen molar-refractivity contribution in [3.8, 4) is 0 Å². The minimum atomic E-state index is -0.289. The van der Waals surface area contributed by atoms with Gasteiger partial charge in [0.1, 0.15) is 10.4 Å². The number of aromatic amines is 1. The lowest BCUT2D eigenvalue weighted by Crippen LogP contribution is -2.25. The molecule has 0 unspecified atom stereocenters. The number of Topliss-reactive ketones (excluding diaryl/α,β-unsaturated/α-hetero) is 1. The summed E-state index contributed by atoms with van der Waals surface area (Å²) in [5.41, 5.74) is 0.392. The lowest BCUT2D eigenvalue weighted by atomic mass is 10.2. The van der Waals surface area contributed by atoms with Crippen LogP contribution in [0.25, 0.3) is 21.2 Å². The first kappa shape index (κ1) is 16.0. The number of nitrogens with zero attached hydrogens (tertiary/aromatic N) is 1. The van der Waals surface area contributed by atoms with Gasteiger partial charge in [-0.2, -0.15) is 0 Å². The van der Waals surface area contributed by atoms with Gasteiger partial charge in [-0.25, -0.2) is 0 Å². The number of thiophene rings is 1. The van der Waals surface area contributed by atoms with Gasteiger partial charge >= 0.3 is 0 Å². The fourth-order valence-corrected chi connectivity index (χ4v) is 4.06. The van der Waals surface area contributed by atoms with Crippen molar-refractivity contribution in [1.82, 2.24) is 9.55 Å². The standard InChI is InChI=1S/C18H14N2O3S2/c1-2-11-8-12-16(25-11)19-18(24)20(17(12)22)9-13(21)15-7-10-5-3-4-6-14(10)23-15/h3-8H,2,9H2,1H3,(H,19,24). The second kappa shape index (κ2) is 6.09. The van der Waals surface area contributed by atoms with E-state index >= 15 is 0 Å². The fourth-order valence-electron chi connectivity index (χ4n) is 2.75.